The molecule has 4 nitrogen and oxygen atoms in total. The highest BCUT2D eigenvalue weighted by Gasteiger charge is 2.31. The lowest BCUT2D eigenvalue weighted by atomic mass is 10.3. The first-order chi connectivity index (χ1) is 7.93. The minimum atomic E-state index is -4.43. The molecular formula is C10H13F3N4. The van der Waals surface area contributed by atoms with Crippen LogP contribution in [0.1, 0.15) is 19.0 Å². The SMILES string of the molecule is CCCN=C(N)Nc1ccc(C(F)(F)F)nc1. The number of hydrogen-bond acceptors (Lipinski definition) is 2. The summed E-state index contributed by atoms with van der Waals surface area (Å²) in [6.45, 7) is 2.50. The van der Waals surface area contributed by atoms with Crippen molar-refractivity contribution in [3.05, 3.63) is 24.0 Å². The average molecular weight is 246 g/mol. The zero-order valence-electron chi connectivity index (χ0n) is 9.25. The third kappa shape index (κ3) is 4.29. The molecule has 0 aromatic carbocycles. The molecule has 1 heterocycles. The fraction of sp³-hybridized carbons (Fsp3) is 0.400. The van der Waals surface area contributed by atoms with E-state index < -0.39 is 11.9 Å². The Kier molecular flexibility index (Phi) is 4.30. The highest BCUT2D eigenvalue weighted by molar-refractivity contribution is 5.92. The molecule has 7 heteroatoms. The Morgan fingerprint density at radius 1 is 1.47 bits per heavy atom. The summed E-state index contributed by atoms with van der Waals surface area (Å²) >= 11 is 0. The maximum Gasteiger partial charge on any atom is 0.433 e. The van der Waals surface area contributed by atoms with Crippen LogP contribution in [0.3, 0.4) is 0 Å². The highest BCUT2D eigenvalue weighted by atomic mass is 19.4. The van der Waals surface area contributed by atoms with E-state index in [0.717, 1.165) is 18.7 Å². The van der Waals surface area contributed by atoms with E-state index >= 15 is 0 Å². The van der Waals surface area contributed by atoms with Crippen LogP contribution in [0.5, 0.6) is 0 Å². The Bertz CT molecular complexity index is 384. The fourth-order valence-corrected chi connectivity index (χ4v) is 1.06. The molecular weight excluding hydrogens is 233 g/mol. The summed E-state index contributed by atoms with van der Waals surface area (Å²) < 4.78 is 36.7. The van der Waals surface area contributed by atoms with E-state index in [4.69, 9.17) is 5.73 Å². The fourth-order valence-electron chi connectivity index (χ4n) is 1.06. The molecule has 0 atom stereocenters. The van der Waals surface area contributed by atoms with Gasteiger partial charge in [-0.05, 0) is 18.6 Å². The van der Waals surface area contributed by atoms with Crippen molar-refractivity contribution in [1.29, 1.82) is 0 Å². The van der Waals surface area contributed by atoms with Gasteiger partial charge in [-0.15, -0.1) is 0 Å². The smallest absolute Gasteiger partial charge is 0.370 e. The molecule has 0 aliphatic carbocycles. The molecule has 0 spiro atoms. The number of aromatic nitrogens is 1. The maximum absolute atomic E-state index is 12.2. The minimum Gasteiger partial charge on any atom is -0.370 e. The second kappa shape index (κ2) is 5.51. The van der Waals surface area contributed by atoms with Gasteiger partial charge in [-0.2, -0.15) is 13.2 Å². The van der Waals surface area contributed by atoms with Crippen LogP contribution in [0.4, 0.5) is 18.9 Å². The Hall–Kier alpha value is -1.79. The quantitative estimate of drug-likeness (QED) is 0.635. The van der Waals surface area contributed by atoms with Crippen molar-refractivity contribution in [1.82, 2.24) is 4.98 Å². The summed E-state index contributed by atoms with van der Waals surface area (Å²) in [6, 6.07) is 2.14. The van der Waals surface area contributed by atoms with Gasteiger partial charge in [-0.3, -0.25) is 4.99 Å². The molecule has 0 aliphatic heterocycles. The Balaban J connectivity index is 2.69. The summed E-state index contributed by atoms with van der Waals surface area (Å²) in [5.74, 6) is 0.161. The van der Waals surface area contributed by atoms with Crippen LogP contribution in [0, 0.1) is 0 Å². The lowest BCUT2D eigenvalue weighted by molar-refractivity contribution is -0.141. The zero-order chi connectivity index (χ0) is 12.9. The first-order valence-corrected chi connectivity index (χ1v) is 5.03. The monoisotopic (exact) mass is 246 g/mol. The van der Waals surface area contributed by atoms with Crippen LogP contribution in [0.15, 0.2) is 23.3 Å². The minimum absolute atomic E-state index is 0.161. The van der Waals surface area contributed by atoms with Gasteiger partial charge in [0.15, 0.2) is 5.96 Å². The maximum atomic E-state index is 12.2. The molecule has 0 radical (unpaired) electrons. The Morgan fingerprint density at radius 2 is 2.18 bits per heavy atom. The van der Waals surface area contributed by atoms with Crippen LogP contribution in [-0.4, -0.2) is 17.5 Å². The van der Waals surface area contributed by atoms with Crippen LogP contribution >= 0.6 is 0 Å². The van der Waals surface area contributed by atoms with Crippen molar-refractivity contribution in [3.63, 3.8) is 0 Å². The lowest BCUT2D eigenvalue weighted by Crippen LogP contribution is -2.23. The van der Waals surface area contributed by atoms with Crippen molar-refractivity contribution in [2.45, 2.75) is 19.5 Å². The van der Waals surface area contributed by atoms with Gasteiger partial charge in [-0.1, -0.05) is 6.92 Å². The number of halogens is 3. The highest BCUT2D eigenvalue weighted by Crippen LogP contribution is 2.27. The molecule has 17 heavy (non-hydrogen) atoms. The van der Waals surface area contributed by atoms with E-state index in [2.05, 4.69) is 15.3 Å². The van der Waals surface area contributed by atoms with Gasteiger partial charge in [0.25, 0.3) is 0 Å². The van der Waals surface area contributed by atoms with E-state index in [1.54, 1.807) is 0 Å². The van der Waals surface area contributed by atoms with Gasteiger partial charge in [0.05, 0.1) is 11.9 Å². The van der Waals surface area contributed by atoms with E-state index in [9.17, 15) is 13.2 Å². The van der Waals surface area contributed by atoms with Crippen LogP contribution < -0.4 is 11.1 Å². The van der Waals surface area contributed by atoms with Crippen LogP contribution in [0.2, 0.25) is 0 Å². The molecule has 0 bridgehead atoms. The predicted octanol–water partition coefficient (Wildman–Crippen LogP) is 2.24. The van der Waals surface area contributed by atoms with Gasteiger partial charge >= 0.3 is 6.18 Å². The van der Waals surface area contributed by atoms with Crippen molar-refractivity contribution in [2.24, 2.45) is 10.7 Å². The molecule has 0 unspecified atom stereocenters. The van der Waals surface area contributed by atoms with Gasteiger partial charge in [-0.25, -0.2) is 4.98 Å². The molecule has 1 aromatic heterocycles. The molecule has 0 aliphatic rings. The molecule has 94 valence electrons. The summed E-state index contributed by atoms with van der Waals surface area (Å²) in [7, 11) is 0. The molecule has 1 rings (SSSR count). The standard InChI is InChI=1S/C10H13F3N4/c1-2-5-15-9(14)17-7-3-4-8(16-6-7)10(11,12)13/h3-4,6H,2,5H2,1H3,(H3,14,15,17). The number of aliphatic imine (C=N–C) groups is 1. The number of anilines is 1. The number of alkyl halides is 3. The van der Waals surface area contributed by atoms with Gasteiger partial charge < -0.3 is 11.1 Å². The van der Waals surface area contributed by atoms with Crippen molar-refractivity contribution >= 4 is 11.6 Å². The van der Waals surface area contributed by atoms with Gasteiger partial charge in [0.2, 0.25) is 0 Å². The lowest BCUT2D eigenvalue weighted by Gasteiger charge is -2.08. The van der Waals surface area contributed by atoms with Crippen molar-refractivity contribution < 1.29 is 13.2 Å². The number of hydrogen-bond donors (Lipinski definition) is 2. The average Bonchev–Trinajstić information content (AvgIpc) is 2.26. The predicted molar refractivity (Wildman–Crippen MR) is 59.6 cm³/mol. The molecule has 1 aromatic rings. The number of nitrogens with one attached hydrogen (secondary N) is 1. The van der Waals surface area contributed by atoms with E-state index in [1.807, 2.05) is 6.92 Å². The van der Waals surface area contributed by atoms with E-state index in [1.165, 1.54) is 6.07 Å². The van der Waals surface area contributed by atoms with E-state index in [0.29, 0.717) is 12.2 Å². The third-order valence-corrected chi connectivity index (χ3v) is 1.83. The third-order valence-electron chi connectivity index (χ3n) is 1.83. The summed E-state index contributed by atoms with van der Waals surface area (Å²) in [5, 5.41) is 2.65. The Morgan fingerprint density at radius 3 is 2.65 bits per heavy atom. The molecule has 0 amide bonds. The number of nitrogens with two attached hydrogens (primary N) is 1. The summed E-state index contributed by atoms with van der Waals surface area (Å²) in [5.41, 5.74) is 4.94. The summed E-state index contributed by atoms with van der Waals surface area (Å²) in [4.78, 5) is 7.23. The van der Waals surface area contributed by atoms with Crippen LogP contribution in [-0.2, 0) is 6.18 Å². The molecule has 0 fully saturated rings. The van der Waals surface area contributed by atoms with Gasteiger partial charge in [0, 0.05) is 6.54 Å². The largest absolute Gasteiger partial charge is 0.433 e. The first-order valence-electron chi connectivity index (χ1n) is 5.03. The molecule has 0 saturated carbocycles. The molecule has 0 saturated heterocycles. The second-order valence-electron chi connectivity index (χ2n) is 3.32. The van der Waals surface area contributed by atoms with Gasteiger partial charge in [0.1, 0.15) is 5.69 Å². The normalized spacial score (nSPS) is 12.6. The zero-order valence-corrected chi connectivity index (χ0v) is 9.25. The van der Waals surface area contributed by atoms with E-state index in [-0.39, 0.29) is 5.96 Å². The Labute approximate surface area is 96.8 Å². The topological polar surface area (TPSA) is 63.3 Å². The summed E-state index contributed by atoms with van der Waals surface area (Å²) in [6.07, 6.45) is -2.52. The number of rotatable bonds is 3. The molecule has 3 N–H and O–H groups in total. The second-order valence-corrected chi connectivity index (χ2v) is 3.32. The van der Waals surface area contributed by atoms with Crippen molar-refractivity contribution in [3.8, 4) is 0 Å². The first kappa shape index (κ1) is 13.3. The number of nitrogens with zero attached hydrogens (tertiary/aromatic N) is 2. The van der Waals surface area contributed by atoms with Crippen molar-refractivity contribution in [2.75, 3.05) is 11.9 Å². The van der Waals surface area contributed by atoms with Crippen LogP contribution in [0.25, 0.3) is 0 Å². The number of guanidine groups is 1. The number of pyridine rings is 1.